The third-order valence-corrected chi connectivity index (χ3v) is 3.90. The first-order valence-corrected chi connectivity index (χ1v) is 7.38. The van der Waals surface area contributed by atoms with Gasteiger partial charge in [-0.15, -0.1) is 11.3 Å². The van der Waals surface area contributed by atoms with E-state index >= 15 is 0 Å². The minimum absolute atomic E-state index is 0.841. The van der Waals surface area contributed by atoms with E-state index in [0.29, 0.717) is 0 Å². The van der Waals surface area contributed by atoms with Gasteiger partial charge in [0.1, 0.15) is 10.8 Å². The monoisotopic (exact) mass is 331 g/mol. The number of rotatable bonds is 3. The molecule has 2 heterocycles. The summed E-state index contributed by atoms with van der Waals surface area (Å²) in [6, 6.07) is 13.8. The van der Waals surface area contributed by atoms with Crippen molar-refractivity contribution in [2.45, 2.75) is 0 Å². The third kappa shape index (κ3) is 3.00. The smallest absolute Gasteiger partial charge is 0.144 e. The van der Waals surface area contributed by atoms with Crippen LogP contribution in [-0.4, -0.2) is 9.97 Å². The zero-order chi connectivity index (χ0) is 13.1. The fraction of sp³-hybridized carbons (Fsp3) is 0. The molecule has 0 amide bonds. The highest BCUT2D eigenvalue weighted by atomic mass is 79.9. The van der Waals surface area contributed by atoms with E-state index < -0.39 is 0 Å². The molecule has 0 aliphatic carbocycles. The molecule has 3 aromatic rings. The summed E-state index contributed by atoms with van der Waals surface area (Å²) in [7, 11) is 0. The minimum Gasteiger partial charge on any atom is -0.340 e. The number of anilines is 2. The van der Waals surface area contributed by atoms with Crippen LogP contribution in [0, 0.1) is 0 Å². The van der Waals surface area contributed by atoms with Crippen LogP contribution >= 0.6 is 27.3 Å². The summed E-state index contributed by atoms with van der Waals surface area (Å²) in [4.78, 5) is 8.83. The standard InChI is InChI=1S/C14H10BrN3S/c15-10-4-6-11(7-5-10)17-13-9-19-14(18-13)12-3-1-2-8-16-12/h1-9,17H. The lowest BCUT2D eigenvalue weighted by atomic mass is 10.3. The first-order valence-electron chi connectivity index (χ1n) is 5.71. The van der Waals surface area contributed by atoms with Crippen LogP contribution < -0.4 is 5.32 Å². The largest absolute Gasteiger partial charge is 0.340 e. The maximum atomic E-state index is 4.53. The van der Waals surface area contributed by atoms with Gasteiger partial charge in [-0.05, 0) is 36.4 Å². The Hall–Kier alpha value is -1.72. The Balaban J connectivity index is 1.80. The maximum absolute atomic E-state index is 4.53. The van der Waals surface area contributed by atoms with E-state index in [1.807, 2.05) is 47.8 Å². The van der Waals surface area contributed by atoms with E-state index in [9.17, 15) is 0 Å². The molecule has 1 N–H and O–H groups in total. The number of hydrogen-bond acceptors (Lipinski definition) is 4. The molecule has 0 saturated carbocycles. The summed E-state index contributed by atoms with van der Waals surface area (Å²) >= 11 is 5.00. The predicted molar refractivity (Wildman–Crippen MR) is 82.8 cm³/mol. The van der Waals surface area contributed by atoms with Crippen LogP contribution in [0.1, 0.15) is 0 Å². The van der Waals surface area contributed by atoms with E-state index in [0.717, 1.165) is 26.7 Å². The van der Waals surface area contributed by atoms with E-state index in [1.165, 1.54) is 0 Å². The van der Waals surface area contributed by atoms with E-state index in [4.69, 9.17) is 0 Å². The predicted octanol–water partition coefficient (Wildman–Crippen LogP) is 4.71. The van der Waals surface area contributed by atoms with E-state index in [-0.39, 0.29) is 0 Å². The summed E-state index contributed by atoms with van der Waals surface area (Å²) in [5.41, 5.74) is 1.91. The van der Waals surface area contributed by atoms with Crippen LogP contribution in [0.25, 0.3) is 10.7 Å². The molecule has 0 aliphatic rings. The zero-order valence-electron chi connectivity index (χ0n) is 9.88. The number of aromatic nitrogens is 2. The van der Waals surface area contributed by atoms with Gasteiger partial charge in [0.15, 0.2) is 0 Å². The molecule has 0 spiro atoms. The summed E-state index contributed by atoms with van der Waals surface area (Å²) in [6.07, 6.45) is 1.78. The second-order valence-corrected chi connectivity index (χ2v) is 5.66. The fourth-order valence-electron chi connectivity index (χ4n) is 1.62. The highest BCUT2D eigenvalue weighted by molar-refractivity contribution is 9.10. The SMILES string of the molecule is Brc1ccc(Nc2csc(-c3ccccn3)n2)cc1. The lowest BCUT2D eigenvalue weighted by Gasteiger charge is -2.02. The van der Waals surface area contributed by atoms with Crippen molar-refractivity contribution in [3.8, 4) is 10.7 Å². The normalized spacial score (nSPS) is 10.4. The number of pyridine rings is 1. The lowest BCUT2D eigenvalue weighted by Crippen LogP contribution is -1.90. The number of nitrogens with zero attached hydrogens (tertiary/aromatic N) is 2. The molecule has 19 heavy (non-hydrogen) atoms. The number of thiazole rings is 1. The van der Waals surface area contributed by atoms with Crippen LogP contribution in [0.3, 0.4) is 0 Å². The highest BCUT2D eigenvalue weighted by Crippen LogP contribution is 2.26. The molecule has 94 valence electrons. The molecule has 0 saturated heterocycles. The molecule has 1 aromatic carbocycles. The zero-order valence-corrected chi connectivity index (χ0v) is 12.3. The van der Waals surface area contributed by atoms with Crippen molar-refractivity contribution in [3.63, 3.8) is 0 Å². The Labute approximate surface area is 123 Å². The summed E-state index contributed by atoms with van der Waals surface area (Å²) < 4.78 is 1.06. The van der Waals surface area contributed by atoms with Gasteiger partial charge in [0.2, 0.25) is 0 Å². The number of halogens is 1. The van der Waals surface area contributed by atoms with Crippen molar-refractivity contribution < 1.29 is 0 Å². The van der Waals surface area contributed by atoms with Gasteiger partial charge in [-0.1, -0.05) is 22.0 Å². The lowest BCUT2D eigenvalue weighted by molar-refractivity contribution is 1.29. The Morgan fingerprint density at radius 2 is 1.89 bits per heavy atom. The first kappa shape index (κ1) is 12.3. The van der Waals surface area contributed by atoms with Gasteiger partial charge in [0.05, 0.1) is 5.69 Å². The fourth-order valence-corrected chi connectivity index (χ4v) is 2.61. The van der Waals surface area contributed by atoms with Crippen molar-refractivity contribution in [2.24, 2.45) is 0 Å². The van der Waals surface area contributed by atoms with Gasteiger partial charge in [-0.25, -0.2) is 4.98 Å². The molecule has 0 fully saturated rings. The second kappa shape index (κ2) is 5.50. The van der Waals surface area contributed by atoms with Crippen molar-refractivity contribution in [1.29, 1.82) is 0 Å². The molecule has 3 nitrogen and oxygen atoms in total. The Kier molecular flexibility index (Phi) is 3.57. The summed E-state index contributed by atoms with van der Waals surface area (Å²) in [5, 5.41) is 6.18. The van der Waals surface area contributed by atoms with Gasteiger partial charge >= 0.3 is 0 Å². The van der Waals surface area contributed by atoms with Gasteiger partial charge in [-0.2, -0.15) is 0 Å². The van der Waals surface area contributed by atoms with Crippen LogP contribution in [0.4, 0.5) is 11.5 Å². The van der Waals surface area contributed by atoms with Gasteiger partial charge in [0.25, 0.3) is 0 Å². The quantitative estimate of drug-likeness (QED) is 0.755. The second-order valence-electron chi connectivity index (χ2n) is 3.88. The molecular weight excluding hydrogens is 322 g/mol. The molecule has 0 unspecified atom stereocenters. The molecule has 3 rings (SSSR count). The maximum Gasteiger partial charge on any atom is 0.144 e. The topological polar surface area (TPSA) is 37.8 Å². The molecule has 5 heteroatoms. The number of hydrogen-bond donors (Lipinski definition) is 1. The van der Waals surface area contributed by atoms with E-state index in [1.54, 1.807) is 17.5 Å². The Morgan fingerprint density at radius 3 is 2.63 bits per heavy atom. The van der Waals surface area contributed by atoms with Gasteiger partial charge < -0.3 is 5.32 Å². The summed E-state index contributed by atoms with van der Waals surface area (Å²) in [5.74, 6) is 0.841. The van der Waals surface area contributed by atoms with Crippen LogP contribution in [-0.2, 0) is 0 Å². The molecule has 0 bridgehead atoms. The van der Waals surface area contributed by atoms with E-state index in [2.05, 4.69) is 31.2 Å². The molecule has 2 aromatic heterocycles. The highest BCUT2D eigenvalue weighted by Gasteiger charge is 2.05. The van der Waals surface area contributed by atoms with Gasteiger partial charge in [-0.3, -0.25) is 4.98 Å². The Bertz CT molecular complexity index is 665. The van der Waals surface area contributed by atoms with Crippen LogP contribution in [0.5, 0.6) is 0 Å². The molecular formula is C14H10BrN3S. The van der Waals surface area contributed by atoms with Crippen molar-refractivity contribution in [1.82, 2.24) is 9.97 Å². The van der Waals surface area contributed by atoms with Crippen molar-refractivity contribution >= 4 is 38.8 Å². The molecule has 0 radical (unpaired) electrons. The average molecular weight is 332 g/mol. The van der Waals surface area contributed by atoms with Crippen molar-refractivity contribution in [3.05, 3.63) is 58.5 Å². The Morgan fingerprint density at radius 1 is 1.05 bits per heavy atom. The molecule has 0 atom stereocenters. The third-order valence-electron chi connectivity index (χ3n) is 2.50. The number of benzene rings is 1. The number of nitrogens with one attached hydrogen (secondary N) is 1. The minimum atomic E-state index is 0.841. The average Bonchev–Trinajstić information content (AvgIpc) is 2.91. The van der Waals surface area contributed by atoms with Crippen LogP contribution in [0.15, 0.2) is 58.5 Å². The summed E-state index contributed by atoms with van der Waals surface area (Å²) in [6.45, 7) is 0. The van der Waals surface area contributed by atoms with Gasteiger partial charge in [0, 0.05) is 21.7 Å². The molecule has 0 aliphatic heterocycles. The van der Waals surface area contributed by atoms with Crippen molar-refractivity contribution in [2.75, 3.05) is 5.32 Å². The first-order chi connectivity index (χ1) is 9.31. The van der Waals surface area contributed by atoms with Crippen LogP contribution in [0.2, 0.25) is 0 Å².